The van der Waals surface area contributed by atoms with E-state index in [9.17, 15) is 14.2 Å². The second-order valence-corrected chi connectivity index (χ2v) is 10.9. The highest BCUT2D eigenvalue weighted by atomic mass is 31.2. The van der Waals surface area contributed by atoms with Crippen LogP contribution in [0.4, 0.5) is 5.82 Å². The number of nitrogens with two attached hydrogens (primary N) is 1. The van der Waals surface area contributed by atoms with E-state index < -0.39 is 37.0 Å². The molecule has 0 aliphatic carbocycles. The zero-order chi connectivity index (χ0) is 26.2. The maximum atomic E-state index is 13.7. The number of carbonyl (C=O) groups is 2. The normalized spacial score (nSPS) is 15.5. The topological polar surface area (TPSA) is 181 Å². The summed E-state index contributed by atoms with van der Waals surface area (Å²) in [4.78, 5) is 35.9. The van der Waals surface area contributed by atoms with Crippen LogP contribution in [0.3, 0.4) is 0 Å². The molecule has 13 nitrogen and oxygen atoms in total. The molecule has 196 valence electrons. The quantitative estimate of drug-likeness (QED) is 0.234. The number of anilines is 1. The van der Waals surface area contributed by atoms with Crippen molar-refractivity contribution in [1.29, 1.82) is 0 Å². The average molecular weight is 515 g/mol. The summed E-state index contributed by atoms with van der Waals surface area (Å²) in [5.74, 6) is -1.99. The Kier molecular flexibility index (Phi) is 10.1. The molecule has 0 fully saturated rings. The molecule has 0 aromatic carbocycles. The lowest BCUT2D eigenvalue weighted by Crippen LogP contribution is -2.47. The van der Waals surface area contributed by atoms with Crippen molar-refractivity contribution in [1.82, 2.24) is 24.6 Å². The number of hydrogen-bond acceptors (Lipinski definition) is 10. The first-order valence-electron chi connectivity index (χ1n) is 11.3. The van der Waals surface area contributed by atoms with Gasteiger partial charge in [0.15, 0.2) is 11.5 Å². The molecule has 2 aromatic rings. The molecule has 1 unspecified atom stereocenters. The molecule has 14 heteroatoms. The van der Waals surface area contributed by atoms with Crippen LogP contribution in [0.25, 0.3) is 11.2 Å². The summed E-state index contributed by atoms with van der Waals surface area (Å²) in [6.45, 7) is 8.69. The van der Waals surface area contributed by atoms with Gasteiger partial charge >= 0.3 is 11.9 Å². The van der Waals surface area contributed by atoms with Crippen LogP contribution in [0.1, 0.15) is 47.5 Å². The molecule has 0 saturated heterocycles. The minimum atomic E-state index is -3.75. The van der Waals surface area contributed by atoms with Crippen molar-refractivity contribution in [3.8, 4) is 0 Å². The molecule has 0 spiro atoms. The fourth-order valence-electron chi connectivity index (χ4n) is 3.04. The molecule has 0 amide bonds. The summed E-state index contributed by atoms with van der Waals surface area (Å²) in [5, 5.41) is 11.9. The van der Waals surface area contributed by atoms with Gasteiger partial charge < -0.3 is 29.4 Å². The number of esters is 1. The van der Waals surface area contributed by atoms with E-state index in [4.69, 9.17) is 24.8 Å². The highest BCUT2D eigenvalue weighted by Gasteiger charge is 2.38. The number of nitrogens with one attached hydrogen (secondary N) is 1. The van der Waals surface area contributed by atoms with Crippen molar-refractivity contribution >= 4 is 36.4 Å². The minimum absolute atomic E-state index is 0.0993. The molecular weight excluding hydrogens is 479 g/mol. The number of nitrogens with zero attached hydrogens (tertiary/aromatic N) is 4. The zero-order valence-corrected chi connectivity index (χ0v) is 21.7. The van der Waals surface area contributed by atoms with Crippen LogP contribution in [0.2, 0.25) is 0 Å². The number of carbonyl (C=O) groups excluding carboxylic acids is 1. The first-order valence-corrected chi connectivity index (χ1v) is 13.2. The van der Waals surface area contributed by atoms with E-state index in [0.29, 0.717) is 24.1 Å². The molecule has 2 aromatic heterocycles. The van der Waals surface area contributed by atoms with Gasteiger partial charge in [0, 0.05) is 0 Å². The molecule has 0 radical (unpaired) electrons. The van der Waals surface area contributed by atoms with E-state index in [-0.39, 0.29) is 31.8 Å². The maximum absolute atomic E-state index is 13.7. The van der Waals surface area contributed by atoms with E-state index in [2.05, 4.69) is 20.0 Å². The zero-order valence-electron chi connectivity index (χ0n) is 20.8. The summed E-state index contributed by atoms with van der Waals surface area (Å²) in [6, 6.07) is 0. The van der Waals surface area contributed by atoms with Gasteiger partial charge in [-0.15, -0.1) is 0 Å². The van der Waals surface area contributed by atoms with Gasteiger partial charge in [-0.2, -0.15) is 0 Å². The maximum Gasteiger partial charge on any atom is 0.326 e. The lowest BCUT2D eigenvalue weighted by molar-refractivity contribution is -0.149. The van der Waals surface area contributed by atoms with E-state index in [1.165, 1.54) is 27.1 Å². The Morgan fingerprint density at radius 1 is 1.26 bits per heavy atom. The Morgan fingerprint density at radius 2 is 1.97 bits per heavy atom. The number of fused-ring (bicyclic) bond motifs is 1. The van der Waals surface area contributed by atoms with Crippen LogP contribution in [-0.4, -0.2) is 67.8 Å². The first kappa shape index (κ1) is 28.6. The molecule has 0 aliphatic heterocycles. The number of imidazole rings is 1. The van der Waals surface area contributed by atoms with Crippen molar-refractivity contribution in [3.63, 3.8) is 0 Å². The molecular formula is C21H35N6O7P. The summed E-state index contributed by atoms with van der Waals surface area (Å²) < 4.78 is 32.0. The van der Waals surface area contributed by atoms with Gasteiger partial charge in [0.1, 0.15) is 23.7 Å². The highest BCUT2D eigenvalue weighted by Crippen LogP contribution is 2.45. The van der Waals surface area contributed by atoms with Crippen LogP contribution in [0.5, 0.6) is 0 Å². The van der Waals surface area contributed by atoms with Crippen molar-refractivity contribution in [2.75, 3.05) is 25.3 Å². The second-order valence-electron chi connectivity index (χ2n) is 8.84. The Hall–Kier alpha value is -2.60. The molecule has 2 rings (SSSR count). The van der Waals surface area contributed by atoms with Crippen LogP contribution in [0, 0.1) is 5.92 Å². The summed E-state index contributed by atoms with van der Waals surface area (Å²) in [5.41, 5.74) is 5.50. The molecule has 0 saturated carbocycles. The van der Waals surface area contributed by atoms with Crippen molar-refractivity contribution < 1.29 is 33.3 Å². The van der Waals surface area contributed by atoms with Gasteiger partial charge in [-0.3, -0.25) is 14.2 Å². The van der Waals surface area contributed by atoms with Gasteiger partial charge in [-0.05, 0) is 33.6 Å². The third kappa shape index (κ3) is 8.24. The molecule has 3 atom stereocenters. The molecule has 0 bridgehead atoms. The van der Waals surface area contributed by atoms with E-state index in [0.717, 1.165) is 0 Å². The van der Waals surface area contributed by atoms with Crippen LogP contribution >= 0.6 is 7.52 Å². The third-order valence-corrected chi connectivity index (χ3v) is 7.07. The lowest BCUT2D eigenvalue weighted by Gasteiger charge is -2.30. The van der Waals surface area contributed by atoms with E-state index >= 15 is 0 Å². The number of hydrogen-bond donors (Lipinski definition) is 3. The Labute approximate surface area is 204 Å². The van der Waals surface area contributed by atoms with Crippen LogP contribution < -0.4 is 10.8 Å². The van der Waals surface area contributed by atoms with E-state index in [1.54, 1.807) is 17.8 Å². The average Bonchev–Trinajstić information content (AvgIpc) is 3.19. The monoisotopic (exact) mass is 514 g/mol. The smallest absolute Gasteiger partial charge is 0.326 e. The van der Waals surface area contributed by atoms with Crippen LogP contribution in [0.15, 0.2) is 12.7 Å². The number of carboxylic acids is 1. The number of aliphatic carboxylic acids is 1. The second kappa shape index (κ2) is 12.4. The predicted octanol–water partition coefficient (Wildman–Crippen LogP) is 2.41. The number of carboxylic acid groups (broad SMARTS) is 1. The largest absolute Gasteiger partial charge is 0.481 e. The number of ether oxygens (including phenoxy) is 2. The van der Waals surface area contributed by atoms with Gasteiger partial charge in [0.2, 0.25) is 0 Å². The fourth-order valence-corrected chi connectivity index (χ4v) is 5.03. The third-order valence-electron chi connectivity index (χ3n) is 5.08. The highest BCUT2D eigenvalue weighted by molar-refractivity contribution is 7.56. The summed E-state index contributed by atoms with van der Waals surface area (Å²) in [7, 11) is -3.75. The standard InChI is InChI=1S/C21H35N6O7P/c1-6-8-32-20(30)21(4,5)26-35(31,34-9-7-14(2)19(28)29)13-33-15(3)10-27-12-25-16-17(22)23-11-24-18(16)27/h11-12,14-15H,6-10,13H2,1-5H3,(H,26,31)(H,28,29)(H2,22,23,24)/t14-,15-,35?/m0/s1. The Bertz CT molecular complexity index is 1060. The Morgan fingerprint density at radius 3 is 2.63 bits per heavy atom. The van der Waals surface area contributed by atoms with Gasteiger partial charge in [0.05, 0.1) is 38.1 Å². The number of rotatable bonds is 15. The lowest BCUT2D eigenvalue weighted by atomic mass is 10.1. The fraction of sp³-hybridized carbons (Fsp3) is 0.667. The number of nitrogen functional groups attached to an aromatic ring is 1. The molecule has 4 N–H and O–H groups in total. The van der Waals surface area contributed by atoms with Crippen molar-refractivity contribution in [2.45, 2.75) is 65.6 Å². The van der Waals surface area contributed by atoms with Gasteiger partial charge in [-0.1, -0.05) is 13.8 Å². The number of aromatic nitrogens is 4. The minimum Gasteiger partial charge on any atom is -0.481 e. The Balaban J connectivity index is 2.09. The van der Waals surface area contributed by atoms with Crippen molar-refractivity contribution in [3.05, 3.63) is 12.7 Å². The summed E-state index contributed by atoms with van der Waals surface area (Å²) >= 11 is 0. The molecule has 35 heavy (non-hydrogen) atoms. The van der Waals surface area contributed by atoms with Crippen LogP contribution in [-0.2, 0) is 34.7 Å². The summed E-state index contributed by atoms with van der Waals surface area (Å²) in [6.07, 6.45) is 2.87. The van der Waals surface area contributed by atoms with Gasteiger partial charge in [0.25, 0.3) is 7.52 Å². The molecule has 0 aliphatic rings. The van der Waals surface area contributed by atoms with Gasteiger partial charge in [-0.25, -0.2) is 20.0 Å². The molecule has 2 heterocycles. The SMILES string of the molecule is CCCOC(=O)C(C)(C)NP(=O)(CO[C@@H](C)Cn1cnc2c(N)ncnc21)OCC[C@H](C)C(=O)O. The van der Waals surface area contributed by atoms with E-state index in [1.807, 2.05) is 6.92 Å². The van der Waals surface area contributed by atoms with Crippen molar-refractivity contribution in [2.24, 2.45) is 5.92 Å². The first-order chi connectivity index (χ1) is 16.4. The predicted molar refractivity (Wildman–Crippen MR) is 129 cm³/mol.